The zero-order chi connectivity index (χ0) is 65.9. The molecule has 90 heavy (non-hydrogen) atoms. The standard InChI is InChI=1S/C57H64N10O19S4/c1-33-25-47(35(3)23-45(33)62-60-43-13-11-39(29-41(43)55(68)69)83-16-8-20-88(74,75)76)64-66-49-31-53(85-15-7-19-87-73)51(27-37(49)5)58-57(72)59-52-28-38(6)50(32-54(52)86-18-10-22-90(80,81)82)67-65-48-26-34(2)46(24-36(48)4)63-61-44-14-12-40(30-42(44)56(70)71)84-17-9-21-89(77,78)79/h11-14,23-32,73H,7-10,15-22H2,1-6H3,(H,68,69)(H,70,71)(H2,58,59,72)(H,74,75,76)(H,77,78,79)(H,80,81,82)/b62-60+,63-61?,66-64+,67-65?. The molecular weight excluding hydrogens is 1260 g/mol. The monoisotopic (exact) mass is 1320 g/mol. The number of hydrogen-bond acceptors (Lipinski definition) is 23. The molecule has 0 aliphatic heterocycles. The first-order valence-electron chi connectivity index (χ1n) is 27.1. The molecule has 0 atom stereocenters. The Bertz CT molecular complexity index is 4130. The number of aromatic carboxylic acids is 2. The molecule has 6 rings (SSSR count). The predicted molar refractivity (Wildman–Crippen MR) is 335 cm³/mol. The van der Waals surface area contributed by atoms with Gasteiger partial charge in [0.1, 0.15) is 34.4 Å². The summed E-state index contributed by atoms with van der Waals surface area (Å²) in [4.78, 5) is 38.2. The molecule has 0 radical (unpaired) electrons. The number of aryl methyl sites for hydroxylation is 6. The fourth-order valence-electron chi connectivity index (χ4n) is 8.03. The molecule has 480 valence electrons. The van der Waals surface area contributed by atoms with Crippen molar-refractivity contribution >= 4 is 117 Å². The number of carboxylic acid groups (broad SMARTS) is 2. The van der Waals surface area contributed by atoms with Crippen LogP contribution in [-0.4, -0.2) is 121 Å². The molecule has 0 fully saturated rings. The Kier molecular flexibility index (Phi) is 25.0. The number of rotatable bonds is 32. The topological polar surface area (TPSA) is 435 Å². The van der Waals surface area contributed by atoms with Crippen molar-refractivity contribution in [1.82, 2.24) is 0 Å². The number of urea groups is 1. The van der Waals surface area contributed by atoms with Crippen LogP contribution >= 0.6 is 12.0 Å². The largest absolute Gasteiger partial charge is 0.494 e. The van der Waals surface area contributed by atoms with Gasteiger partial charge in [0.25, 0.3) is 30.4 Å². The molecule has 0 unspecified atom stereocenters. The highest BCUT2D eigenvalue weighted by atomic mass is 32.2. The highest BCUT2D eigenvalue weighted by molar-refractivity contribution is 7.93. The Morgan fingerprint density at radius 3 is 1.01 bits per heavy atom. The molecule has 6 aromatic rings. The normalized spacial score (nSPS) is 12.1. The number of benzene rings is 6. The van der Waals surface area contributed by atoms with E-state index in [1.54, 1.807) is 84.0 Å². The summed E-state index contributed by atoms with van der Waals surface area (Å²) in [6.07, 6.45) is 0.260. The molecule has 6 aromatic carbocycles. The lowest BCUT2D eigenvalue weighted by molar-refractivity contribution is 0.0686. The first kappa shape index (κ1) is 70.3. The van der Waals surface area contributed by atoms with Crippen LogP contribution in [0.2, 0.25) is 0 Å². The van der Waals surface area contributed by atoms with Gasteiger partial charge in [0, 0.05) is 17.9 Å². The molecule has 0 saturated carbocycles. The van der Waals surface area contributed by atoms with Crippen molar-refractivity contribution in [2.75, 3.05) is 60.1 Å². The average molecular weight is 1320 g/mol. The third-order valence-electron chi connectivity index (χ3n) is 12.7. The van der Waals surface area contributed by atoms with Gasteiger partial charge in [-0.3, -0.25) is 13.7 Å². The van der Waals surface area contributed by atoms with Crippen LogP contribution in [0.1, 0.15) is 79.8 Å². The summed E-state index contributed by atoms with van der Waals surface area (Å²) in [6, 6.07) is 20.4. The smallest absolute Gasteiger partial charge is 0.338 e. The fraction of sp³-hybridized carbons (Fsp3) is 0.316. The van der Waals surface area contributed by atoms with Crippen molar-refractivity contribution in [3.63, 3.8) is 0 Å². The Balaban J connectivity index is 1.20. The number of carbonyl (C=O) groups is 3. The number of anilines is 2. The molecular formula is C57H64N10O19S4. The van der Waals surface area contributed by atoms with Crippen LogP contribution in [0.4, 0.5) is 61.7 Å². The van der Waals surface area contributed by atoms with Gasteiger partial charge in [-0.05, 0) is 185 Å². The van der Waals surface area contributed by atoms with Gasteiger partial charge in [0.05, 0.1) is 100 Å². The second-order valence-electron chi connectivity index (χ2n) is 20.0. The summed E-state index contributed by atoms with van der Waals surface area (Å²) < 4.78 is 127. The number of hydrogen-bond donors (Lipinski definition) is 8. The second-order valence-corrected chi connectivity index (χ2v) is 25.3. The molecule has 0 saturated heterocycles. The van der Waals surface area contributed by atoms with E-state index in [2.05, 4.69) is 51.5 Å². The predicted octanol–water partition coefficient (Wildman–Crippen LogP) is 14.2. The van der Waals surface area contributed by atoms with Crippen molar-refractivity contribution in [3.05, 3.63) is 129 Å². The lowest BCUT2D eigenvalue weighted by atomic mass is 10.1. The zero-order valence-corrected chi connectivity index (χ0v) is 52.5. The minimum Gasteiger partial charge on any atom is -0.494 e. The first-order chi connectivity index (χ1) is 42.4. The SMILES string of the molecule is Cc1cc(N=Nc2ccc(OCCCS(=O)(=O)O)cc2C(=O)O)c(C)cc1N=Nc1cc(OCCCS(=O)(=O)O)c(NC(=O)Nc2cc(C)c(/N=N/c3cc(C)c(/N=N/c4ccc(OCCCS(=O)(=O)O)cc4C(=O)O)cc3C)cc2OCCCSO)cc1C. The van der Waals surface area contributed by atoms with Gasteiger partial charge in [0.15, 0.2) is 0 Å². The van der Waals surface area contributed by atoms with Crippen LogP contribution in [0.15, 0.2) is 126 Å². The molecule has 0 aliphatic rings. The molecule has 0 heterocycles. The minimum absolute atomic E-state index is 0.00856. The molecule has 33 heteroatoms. The third kappa shape index (κ3) is 22.3. The van der Waals surface area contributed by atoms with Gasteiger partial charge in [0.2, 0.25) is 0 Å². The Morgan fingerprint density at radius 1 is 0.411 bits per heavy atom. The van der Waals surface area contributed by atoms with E-state index in [0.29, 0.717) is 91.7 Å². The van der Waals surface area contributed by atoms with Crippen molar-refractivity contribution in [2.24, 2.45) is 40.9 Å². The van der Waals surface area contributed by atoms with Crippen molar-refractivity contribution in [2.45, 2.75) is 67.2 Å². The van der Waals surface area contributed by atoms with Gasteiger partial charge < -0.3 is 44.3 Å². The molecule has 0 aromatic heterocycles. The van der Waals surface area contributed by atoms with E-state index in [9.17, 15) is 59.0 Å². The number of carbonyl (C=O) groups excluding carboxylic acids is 1. The van der Waals surface area contributed by atoms with Crippen molar-refractivity contribution in [1.29, 1.82) is 0 Å². The Morgan fingerprint density at radius 2 is 0.700 bits per heavy atom. The summed E-state index contributed by atoms with van der Waals surface area (Å²) in [5.41, 5.74) is 5.80. The van der Waals surface area contributed by atoms with Crippen molar-refractivity contribution < 1.29 is 87.0 Å². The van der Waals surface area contributed by atoms with Crippen LogP contribution in [0.5, 0.6) is 23.0 Å². The molecule has 0 spiro atoms. The quantitative estimate of drug-likeness (QED) is 0.00841. The summed E-state index contributed by atoms with van der Waals surface area (Å²) >= 11 is 0.636. The van der Waals surface area contributed by atoms with Crippen LogP contribution in [0.3, 0.4) is 0 Å². The highest BCUT2D eigenvalue weighted by Crippen LogP contribution is 2.40. The van der Waals surface area contributed by atoms with Gasteiger partial charge >= 0.3 is 18.0 Å². The minimum atomic E-state index is -4.33. The van der Waals surface area contributed by atoms with E-state index in [0.717, 1.165) is 0 Å². The maximum absolute atomic E-state index is 13.9. The Hall–Kier alpha value is -8.83. The molecule has 29 nitrogen and oxygen atoms in total. The van der Waals surface area contributed by atoms with Gasteiger partial charge in [-0.2, -0.15) is 55.9 Å². The number of nitrogens with zero attached hydrogens (tertiary/aromatic N) is 8. The van der Waals surface area contributed by atoms with E-state index in [1.807, 2.05) is 0 Å². The van der Waals surface area contributed by atoms with Crippen molar-refractivity contribution in [3.8, 4) is 23.0 Å². The lowest BCUT2D eigenvalue weighted by Gasteiger charge is -2.17. The van der Waals surface area contributed by atoms with E-state index in [4.69, 9.17) is 28.1 Å². The molecule has 0 bridgehead atoms. The maximum atomic E-state index is 13.9. The van der Waals surface area contributed by atoms with Crippen LogP contribution in [0.25, 0.3) is 0 Å². The fourth-order valence-corrected chi connectivity index (χ4v) is 9.73. The van der Waals surface area contributed by atoms with E-state index >= 15 is 0 Å². The summed E-state index contributed by atoms with van der Waals surface area (Å²) in [7, 11) is -12.7. The van der Waals surface area contributed by atoms with E-state index in [-0.39, 0.29) is 103 Å². The third-order valence-corrected chi connectivity index (χ3v) is 15.5. The molecule has 8 N–H and O–H groups in total. The zero-order valence-electron chi connectivity index (χ0n) is 49.3. The van der Waals surface area contributed by atoms with Crippen LogP contribution in [0, 0.1) is 41.5 Å². The first-order valence-corrected chi connectivity index (χ1v) is 32.9. The molecule has 2 amide bonds. The summed E-state index contributed by atoms with van der Waals surface area (Å²) in [6.45, 7) is 10.2. The van der Waals surface area contributed by atoms with Gasteiger partial charge in [-0.1, -0.05) is 0 Å². The van der Waals surface area contributed by atoms with Gasteiger partial charge in [-0.25, -0.2) is 14.4 Å². The molecule has 0 aliphatic carbocycles. The van der Waals surface area contributed by atoms with E-state index in [1.165, 1.54) is 42.5 Å². The Labute approximate surface area is 522 Å². The maximum Gasteiger partial charge on any atom is 0.338 e. The van der Waals surface area contributed by atoms with Crippen LogP contribution < -0.4 is 29.6 Å². The number of carboxylic acids is 2. The number of amides is 2. The number of nitrogens with one attached hydrogen (secondary N) is 2. The second kappa shape index (κ2) is 32.1. The number of azo groups is 4. The van der Waals surface area contributed by atoms with Crippen LogP contribution in [-0.2, 0) is 30.4 Å². The van der Waals surface area contributed by atoms with E-state index < -0.39 is 65.6 Å². The average Bonchev–Trinajstić information content (AvgIpc) is 1.01. The highest BCUT2D eigenvalue weighted by Gasteiger charge is 2.19. The summed E-state index contributed by atoms with van der Waals surface area (Å²) in [5, 5.41) is 60.2. The number of ether oxygens (including phenoxy) is 4. The van der Waals surface area contributed by atoms with Gasteiger partial charge in [-0.15, -0.1) is 10.2 Å². The summed E-state index contributed by atoms with van der Waals surface area (Å²) in [5.74, 6) is -3.38. The lowest BCUT2D eigenvalue weighted by Crippen LogP contribution is -2.21.